The molecule has 1 aliphatic carbocycles. The minimum Gasteiger partial charge on any atom is -0.469 e. The summed E-state index contributed by atoms with van der Waals surface area (Å²) in [5, 5.41) is 4.43. The number of fused-ring (bicyclic) bond motifs is 1. The third-order valence-electron chi connectivity index (χ3n) is 3.36. The summed E-state index contributed by atoms with van der Waals surface area (Å²) in [6.07, 6.45) is 3.38. The largest absolute Gasteiger partial charge is 0.469 e. The van der Waals surface area contributed by atoms with Crippen molar-refractivity contribution >= 4 is 29.1 Å². The smallest absolute Gasteiger partial charge is 0.227 e. The Bertz CT molecular complexity index is 650. The van der Waals surface area contributed by atoms with Gasteiger partial charge in [-0.25, -0.2) is 0 Å². The molecule has 104 valence electrons. The van der Waals surface area contributed by atoms with Gasteiger partial charge in [-0.2, -0.15) is 0 Å². The Labute approximate surface area is 126 Å². The van der Waals surface area contributed by atoms with Crippen LogP contribution in [-0.2, 0) is 24.1 Å². The van der Waals surface area contributed by atoms with Gasteiger partial charge in [0.25, 0.3) is 0 Å². The number of rotatable bonds is 5. The van der Waals surface area contributed by atoms with Gasteiger partial charge in [-0.05, 0) is 41.3 Å². The van der Waals surface area contributed by atoms with E-state index in [1.54, 1.807) is 18.4 Å². The van der Waals surface area contributed by atoms with Gasteiger partial charge in [0.15, 0.2) is 0 Å². The molecule has 2 aromatic rings. The highest BCUT2D eigenvalue weighted by atomic mass is 35.5. The SMILES string of the molecule is O=C(Cc1ccco1)NCCc1cc(Cl)c2c(c1Cl)C2. The van der Waals surface area contributed by atoms with E-state index in [1.165, 1.54) is 0 Å². The molecule has 1 heterocycles. The molecule has 1 aliphatic rings. The Hall–Kier alpha value is -1.45. The van der Waals surface area contributed by atoms with E-state index < -0.39 is 0 Å². The number of benzene rings is 1. The molecule has 3 rings (SSSR count). The van der Waals surface area contributed by atoms with Gasteiger partial charge in [0.2, 0.25) is 5.91 Å². The van der Waals surface area contributed by atoms with Gasteiger partial charge >= 0.3 is 0 Å². The second kappa shape index (κ2) is 5.51. The van der Waals surface area contributed by atoms with Crippen LogP contribution in [0.4, 0.5) is 0 Å². The highest BCUT2D eigenvalue weighted by molar-refractivity contribution is 6.36. The van der Waals surface area contributed by atoms with E-state index >= 15 is 0 Å². The lowest BCUT2D eigenvalue weighted by atomic mass is 10.1. The van der Waals surface area contributed by atoms with Crippen molar-refractivity contribution < 1.29 is 9.21 Å². The monoisotopic (exact) mass is 309 g/mol. The molecular formula is C15H13Cl2NO2. The van der Waals surface area contributed by atoms with Crippen molar-refractivity contribution in [3.63, 3.8) is 0 Å². The summed E-state index contributed by atoms with van der Waals surface area (Å²) in [5.74, 6) is 0.599. The van der Waals surface area contributed by atoms with Crippen LogP contribution >= 0.6 is 23.2 Å². The van der Waals surface area contributed by atoms with Crippen LogP contribution in [0.1, 0.15) is 22.5 Å². The molecular weight excluding hydrogens is 297 g/mol. The number of carbonyl (C=O) groups is 1. The fourth-order valence-corrected chi connectivity index (χ4v) is 2.86. The van der Waals surface area contributed by atoms with E-state index in [2.05, 4.69) is 5.32 Å². The van der Waals surface area contributed by atoms with Gasteiger partial charge < -0.3 is 9.73 Å². The maximum absolute atomic E-state index is 11.7. The van der Waals surface area contributed by atoms with Crippen LogP contribution in [0.25, 0.3) is 0 Å². The van der Waals surface area contributed by atoms with Crippen molar-refractivity contribution in [3.8, 4) is 0 Å². The number of carbonyl (C=O) groups excluding carboxylic acids is 1. The van der Waals surface area contributed by atoms with Gasteiger partial charge in [0.05, 0.1) is 12.7 Å². The van der Waals surface area contributed by atoms with Gasteiger partial charge in [0, 0.05) is 23.0 Å². The zero-order chi connectivity index (χ0) is 14.1. The number of hydrogen-bond donors (Lipinski definition) is 1. The van der Waals surface area contributed by atoms with Crippen LogP contribution in [-0.4, -0.2) is 12.5 Å². The summed E-state index contributed by atoms with van der Waals surface area (Å²) in [4.78, 5) is 11.7. The van der Waals surface area contributed by atoms with Crippen molar-refractivity contribution in [2.45, 2.75) is 19.3 Å². The maximum atomic E-state index is 11.7. The lowest BCUT2D eigenvalue weighted by molar-refractivity contribution is -0.120. The van der Waals surface area contributed by atoms with Crippen molar-refractivity contribution in [2.24, 2.45) is 0 Å². The molecule has 1 aromatic carbocycles. The molecule has 0 aliphatic heterocycles. The minimum absolute atomic E-state index is 0.0612. The fraction of sp³-hybridized carbons (Fsp3) is 0.267. The molecule has 1 amide bonds. The normalized spacial score (nSPS) is 12.1. The van der Waals surface area contributed by atoms with Crippen LogP contribution in [0.5, 0.6) is 0 Å². The molecule has 0 spiro atoms. The number of nitrogens with one attached hydrogen (secondary N) is 1. The Kier molecular flexibility index (Phi) is 3.72. The summed E-state index contributed by atoms with van der Waals surface area (Å²) < 4.78 is 5.13. The van der Waals surface area contributed by atoms with Gasteiger partial charge in [-0.1, -0.05) is 23.2 Å². The number of hydrogen-bond acceptors (Lipinski definition) is 2. The second-order valence-corrected chi connectivity index (χ2v) is 5.61. The summed E-state index contributed by atoms with van der Waals surface area (Å²) in [6, 6.07) is 5.45. The van der Waals surface area contributed by atoms with Gasteiger partial charge in [0.1, 0.15) is 5.76 Å². The topological polar surface area (TPSA) is 42.2 Å². The molecule has 0 atom stereocenters. The predicted molar refractivity (Wildman–Crippen MR) is 78.4 cm³/mol. The Morgan fingerprint density at radius 1 is 1.35 bits per heavy atom. The molecule has 0 fully saturated rings. The average Bonchev–Trinajstić information content (AvgIpc) is 3.08. The van der Waals surface area contributed by atoms with Crippen LogP contribution in [0.15, 0.2) is 28.9 Å². The standard InChI is InChI=1S/C15H13Cl2NO2/c16-13-6-9(15(17)12-8-11(12)13)3-4-18-14(19)7-10-2-1-5-20-10/h1-2,5-6H,3-4,7-8H2,(H,18,19). The second-order valence-electron chi connectivity index (χ2n) is 4.82. The molecule has 1 N–H and O–H groups in total. The first kappa shape index (κ1) is 13.5. The maximum Gasteiger partial charge on any atom is 0.227 e. The van der Waals surface area contributed by atoms with Crippen LogP contribution in [0.3, 0.4) is 0 Å². The Morgan fingerprint density at radius 3 is 2.95 bits per heavy atom. The number of amides is 1. The lowest BCUT2D eigenvalue weighted by Crippen LogP contribution is -2.27. The first-order valence-corrected chi connectivity index (χ1v) is 7.18. The minimum atomic E-state index is -0.0612. The summed E-state index contributed by atoms with van der Waals surface area (Å²) >= 11 is 12.4. The Balaban J connectivity index is 1.52. The van der Waals surface area contributed by atoms with Crippen LogP contribution < -0.4 is 5.32 Å². The zero-order valence-electron chi connectivity index (χ0n) is 10.7. The van der Waals surface area contributed by atoms with E-state index in [4.69, 9.17) is 27.6 Å². The Morgan fingerprint density at radius 2 is 2.20 bits per heavy atom. The first-order valence-electron chi connectivity index (χ1n) is 6.43. The molecule has 20 heavy (non-hydrogen) atoms. The van der Waals surface area contributed by atoms with Crippen LogP contribution in [0.2, 0.25) is 10.0 Å². The molecule has 0 bridgehead atoms. The molecule has 0 saturated heterocycles. The number of furan rings is 1. The summed E-state index contributed by atoms with van der Waals surface area (Å²) in [5.41, 5.74) is 3.30. The van der Waals surface area contributed by atoms with E-state index in [0.29, 0.717) is 18.7 Å². The summed E-state index contributed by atoms with van der Waals surface area (Å²) in [6.45, 7) is 0.536. The van der Waals surface area contributed by atoms with E-state index in [0.717, 1.165) is 33.2 Å². The highest BCUT2D eigenvalue weighted by Crippen LogP contribution is 2.42. The first-order chi connectivity index (χ1) is 9.65. The van der Waals surface area contributed by atoms with E-state index in [1.807, 2.05) is 6.07 Å². The van der Waals surface area contributed by atoms with Crippen molar-refractivity contribution in [1.82, 2.24) is 5.32 Å². The van der Waals surface area contributed by atoms with E-state index in [-0.39, 0.29) is 12.3 Å². The third-order valence-corrected chi connectivity index (χ3v) is 4.17. The molecule has 0 unspecified atom stereocenters. The highest BCUT2D eigenvalue weighted by Gasteiger charge is 2.26. The lowest BCUT2D eigenvalue weighted by Gasteiger charge is -2.06. The predicted octanol–water partition coefficient (Wildman–Crippen LogP) is 3.39. The third kappa shape index (κ3) is 2.84. The quantitative estimate of drug-likeness (QED) is 0.785. The van der Waals surface area contributed by atoms with Crippen molar-refractivity contribution in [3.05, 3.63) is 57.0 Å². The van der Waals surface area contributed by atoms with Crippen LogP contribution in [0, 0.1) is 0 Å². The average molecular weight is 310 g/mol. The fourth-order valence-electron chi connectivity index (χ4n) is 2.22. The molecule has 3 nitrogen and oxygen atoms in total. The molecule has 5 heteroatoms. The zero-order valence-corrected chi connectivity index (χ0v) is 12.2. The molecule has 1 aromatic heterocycles. The van der Waals surface area contributed by atoms with Crippen molar-refractivity contribution in [2.75, 3.05) is 6.54 Å². The number of halogens is 2. The molecule has 0 radical (unpaired) electrons. The van der Waals surface area contributed by atoms with E-state index in [9.17, 15) is 4.79 Å². The van der Waals surface area contributed by atoms with Gasteiger partial charge in [-0.3, -0.25) is 4.79 Å². The summed E-state index contributed by atoms with van der Waals surface area (Å²) in [7, 11) is 0. The van der Waals surface area contributed by atoms with Gasteiger partial charge in [-0.15, -0.1) is 0 Å². The van der Waals surface area contributed by atoms with Crippen molar-refractivity contribution in [1.29, 1.82) is 0 Å². The molecule has 0 saturated carbocycles.